The molecule has 2 aliphatic rings. The molecule has 2 heterocycles. The standard InChI is InChI=1S/C20H21NO6/c1-24-16-4-3-13(8-17(16)25-2)20(23)21-6-5-12-7-18-19(27-11-26-18)9-14(12)15(21)10-22/h3-4,7-9,15,22H,5-6,10-11H2,1-2H3. The number of carbonyl (C=O) groups is 1. The second-order valence-electron chi connectivity index (χ2n) is 6.42. The smallest absolute Gasteiger partial charge is 0.254 e. The number of amides is 1. The average molecular weight is 371 g/mol. The zero-order valence-corrected chi connectivity index (χ0v) is 15.2. The number of aliphatic hydroxyl groups is 1. The molecule has 1 amide bonds. The number of fused-ring (bicyclic) bond motifs is 2. The Balaban J connectivity index is 1.67. The van der Waals surface area contributed by atoms with Gasteiger partial charge >= 0.3 is 0 Å². The van der Waals surface area contributed by atoms with Gasteiger partial charge in [0.1, 0.15) is 0 Å². The van der Waals surface area contributed by atoms with E-state index in [-0.39, 0.29) is 19.3 Å². The van der Waals surface area contributed by atoms with Crippen LogP contribution in [0.2, 0.25) is 0 Å². The van der Waals surface area contributed by atoms with Crippen molar-refractivity contribution < 1.29 is 28.8 Å². The number of carbonyl (C=O) groups excluding carboxylic acids is 1. The summed E-state index contributed by atoms with van der Waals surface area (Å²) >= 11 is 0. The predicted molar refractivity (Wildman–Crippen MR) is 96.7 cm³/mol. The zero-order valence-electron chi connectivity index (χ0n) is 15.2. The molecule has 0 spiro atoms. The van der Waals surface area contributed by atoms with Gasteiger partial charge in [0, 0.05) is 12.1 Å². The van der Waals surface area contributed by atoms with E-state index in [1.54, 1.807) is 30.2 Å². The van der Waals surface area contributed by atoms with Crippen molar-refractivity contribution in [3.05, 3.63) is 47.0 Å². The van der Waals surface area contributed by atoms with Gasteiger partial charge in [0.2, 0.25) is 6.79 Å². The lowest BCUT2D eigenvalue weighted by Gasteiger charge is -2.36. The third-order valence-electron chi connectivity index (χ3n) is 5.06. The summed E-state index contributed by atoms with van der Waals surface area (Å²) in [6.45, 7) is 0.521. The summed E-state index contributed by atoms with van der Waals surface area (Å²) in [6, 6.07) is 8.43. The highest BCUT2D eigenvalue weighted by Gasteiger charge is 2.33. The Morgan fingerprint density at radius 2 is 1.89 bits per heavy atom. The van der Waals surface area contributed by atoms with Crippen LogP contribution < -0.4 is 18.9 Å². The lowest BCUT2D eigenvalue weighted by atomic mass is 9.91. The molecule has 0 saturated heterocycles. The van der Waals surface area contributed by atoms with Crippen LogP contribution in [-0.2, 0) is 6.42 Å². The number of rotatable bonds is 4. The minimum atomic E-state index is -0.441. The van der Waals surface area contributed by atoms with Gasteiger partial charge in [-0.05, 0) is 47.9 Å². The summed E-state index contributed by atoms with van der Waals surface area (Å²) in [4.78, 5) is 14.8. The van der Waals surface area contributed by atoms with E-state index in [1.165, 1.54) is 7.11 Å². The molecule has 7 heteroatoms. The molecule has 142 valence electrons. The Hall–Kier alpha value is -2.93. The summed E-state index contributed by atoms with van der Waals surface area (Å²) in [5.41, 5.74) is 2.44. The minimum absolute atomic E-state index is 0.168. The molecular weight excluding hydrogens is 350 g/mol. The van der Waals surface area contributed by atoms with Crippen molar-refractivity contribution >= 4 is 5.91 Å². The second-order valence-corrected chi connectivity index (χ2v) is 6.42. The van der Waals surface area contributed by atoms with E-state index in [0.717, 1.165) is 11.1 Å². The van der Waals surface area contributed by atoms with E-state index in [0.29, 0.717) is 41.5 Å². The summed E-state index contributed by atoms with van der Waals surface area (Å²) in [7, 11) is 3.08. The van der Waals surface area contributed by atoms with E-state index in [9.17, 15) is 9.90 Å². The van der Waals surface area contributed by atoms with Crippen molar-refractivity contribution in [3.8, 4) is 23.0 Å². The van der Waals surface area contributed by atoms with Gasteiger partial charge in [-0.2, -0.15) is 0 Å². The number of benzene rings is 2. The molecule has 0 fully saturated rings. The van der Waals surface area contributed by atoms with E-state index >= 15 is 0 Å². The van der Waals surface area contributed by atoms with Gasteiger partial charge in [0.05, 0.1) is 26.9 Å². The van der Waals surface area contributed by atoms with Crippen molar-refractivity contribution in [2.24, 2.45) is 0 Å². The van der Waals surface area contributed by atoms with Crippen molar-refractivity contribution in [3.63, 3.8) is 0 Å². The van der Waals surface area contributed by atoms with Crippen LogP contribution in [0.1, 0.15) is 27.5 Å². The van der Waals surface area contributed by atoms with Crippen molar-refractivity contribution in [2.75, 3.05) is 34.2 Å². The Morgan fingerprint density at radius 3 is 2.59 bits per heavy atom. The lowest BCUT2D eigenvalue weighted by molar-refractivity contribution is 0.0568. The third kappa shape index (κ3) is 2.94. The van der Waals surface area contributed by atoms with Gasteiger partial charge in [-0.3, -0.25) is 4.79 Å². The van der Waals surface area contributed by atoms with Crippen molar-refractivity contribution in [1.82, 2.24) is 4.90 Å². The number of hydrogen-bond donors (Lipinski definition) is 1. The van der Waals surface area contributed by atoms with E-state index in [1.807, 2.05) is 12.1 Å². The third-order valence-corrected chi connectivity index (χ3v) is 5.06. The van der Waals surface area contributed by atoms with Crippen LogP contribution in [0.4, 0.5) is 0 Å². The summed E-state index contributed by atoms with van der Waals surface area (Å²) in [5.74, 6) is 2.24. The van der Waals surface area contributed by atoms with E-state index in [2.05, 4.69) is 0 Å². The summed E-state index contributed by atoms with van der Waals surface area (Å²) < 4.78 is 21.4. The SMILES string of the molecule is COc1ccc(C(=O)N2CCc3cc4c(cc3C2CO)OCO4)cc1OC. The monoisotopic (exact) mass is 371 g/mol. The fourth-order valence-corrected chi connectivity index (χ4v) is 3.67. The maximum absolute atomic E-state index is 13.1. The number of nitrogens with zero attached hydrogens (tertiary/aromatic N) is 1. The molecule has 2 aromatic rings. The molecule has 27 heavy (non-hydrogen) atoms. The van der Waals surface area contributed by atoms with Crippen LogP contribution in [0.25, 0.3) is 0 Å². The first-order chi connectivity index (χ1) is 13.2. The second kappa shape index (κ2) is 7.00. The molecule has 0 bridgehead atoms. The average Bonchev–Trinajstić information content (AvgIpc) is 3.17. The normalized spacial score (nSPS) is 17.4. The largest absolute Gasteiger partial charge is 0.493 e. The molecule has 0 saturated carbocycles. The van der Waals surface area contributed by atoms with Gasteiger partial charge < -0.3 is 29.0 Å². The van der Waals surface area contributed by atoms with Crippen LogP contribution in [0.3, 0.4) is 0 Å². The molecule has 7 nitrogen and oxygen atoms in total. The Kier molecular flexibility index (Phi) is 4.53. The van der Waals surface area contributed by atoms with Crippen molar-refractivity contribution in [2.45, 2.75) is 12.5 Å². The fraction of sp³-hybridized carbons (Fsp3) is 0.350. The first-order valence-corrected chi connectivity index (χ1v) is 8.72. The zero-order chi connectivity index (χ0) is 19.0. The molecule has 0 aliphatic carbocycles. The van der Waals surface area contributed by atoms with Crippen LogP contribution in [0, 0.1) is 0 Å². The highest BCUT2D eigenvalue weighted by molar-refractivity contribution is 5.95. The molecule has 0 aromatic heterocycles. The van der Waals surface area contributed by atoms with Crippen molar-refractivity contribution in [1.29, 1.82) is 0 Å². The summed E-state index contributed by atoms with van der Waals surface area (Å²) in [6.07, 6.45) is 0.682. The quantitative estimate of drug-likeness (QED) is 0.888. The molecule has 2 aromatic carbocycles. The topological polar surface area (TPSA) is 77.5 Å². The number of ether oxygens (including phenoxy) is 4. The van der Waals surface area contributed by atoms with Gasteiger partial charge in [-0.1, -0.05) is 0 Å². The highest BCUT2D eigenvalue weighted by Crippen LogP contribution is 2.41. The maximum Gasteiger partial charge on any atom is 0.254 e. The number of methoxy groups -OCH3 is 2. The van der Waals surface area contributed by atoms with Gasteiger partial charge in [0.15, 0.2) is 23.0 Å². The van der Waals surface area contributed by atoms with Gasteiger partial charge in [-0.15, -0.1) is 0 Å². The highest BCUT2D eigenvalue weighted by atomic mass is 16.7. The molecule has 1 N–H and O–H groups in total. The van der Waals surface area contributed by atoms with E-state index in [4.69, 9.17) is 18.9 Å². The van der Waals surface area contributed by atoms with Gasteiger partial charge in [0.25, 0.3) is 5.91 Å². The molecular formula is C20H21NO6. The number of hydrogen-bond acceptors (Lipinski definition) is 6. The minimum Gasteiger partial charge on any atom is -0.493 e. The van der Waals surface area contributed by atoms with E-state index < -0.39 is 6.04 Å². The molecule has 0 radical (unpaired) electrons. The first kappa shape index (κ1) is 17.5. The van der Waals surface area contributed by atoms with Crippen LogP contribution >= 0.6 is 0 Å². The van der Waals surface area contributed by atoms with Crippen LogP contribution in [0.15, 0.2) is 30.3 Å². The molecule has 2 aliphatic heterocycles. The maximum atomic E-state index is 13.1. The molecule has 4 rings (SSSR count). The molecule has 1 unspecified atom stereocenters. The lowest BCUT2D eigenvalue weighted by Crippen LogP contribution is -2.41. The Morgan fingerprint density at radius 1 is 1.15 bits per heavy atom. The fourth-order valence-electron chi connectivity index (χ4n) is 3.67. The number of aliphatic hydroxyl groups excluding tert-OH is 1. The Bertz CT molecular complexity index is 881. The van der Waals surface area contributed by atoms with Crippen LogP contribution in [-0.4, -0.2) is 50.1 Å². The first-order valence-electron chi connectivity index (χ1n) is 8.72. The Labute approximate surface area is 157 Å². The van der Waals surface area contributed by atoms with Crippen LogP contribution in [0.5, 0.6) is 23.0 Å². The molecule has 1 atom stereocenters. The summed E-state index contributed by atoms with van der Waals surface area (Å²) in [5, 5.41) is 10.0. The predicted octanol–water partition coefficient (Wildman–Crippen LogP) is 2.16. The van der Waals surface area contributed by atoms with Gasteiger partial charge in [-0.25, -0.2) is 0 Å².